The third-order valence-electron chi connectivity index (χ3n) is 2.43. The number of rotatable bonds is 2. The van der Waals surface area contributed by atoms with E-state index < -0.39 is 5.91 Å². The molecule has 0 saturated heterocycles. The Kier molecular flexibility index (Phi) is 3.97. The normalized spacial score (nSPS) is 10.2. The molecule has 0 aliphatic rings. The maximum Gasteiger partial charge on any atom is 0.263 e. The van der Waals surface area contributed by atoms with Gasteiger partial charge in [-0.15, -0.1) is 0 Å². The second-order valence-electron chi connectivity index (χ2n) is 3.75. The van der Waals surface area contributed by atoms with Crippen LogP contribution in [0.4, 0.5) is 5.69 Å². The van der Waals surface area contributed by atoms with Gasteiger partial charge in [-0.2, -0.15) is 0 Å². The van der Waals surface area contributed by atoms with Crippen LogP contribution in [0.25, 0.3) is 0 Å². The number of hydrogen-bond acceptors (Lipinski definition) is 3. The van der Waals surface area contributed by atoms with Crippen LogP contribution in [0, 0.1) is 0 Å². The van der Waals surface area contributed by atoms with E-state index in [1.165, 1.54) is 18.2 Å². The van der Waals surface area contributed by atoms with Crippen molar-refractivity contribution in [1.82, 2.24) is 0 Å². The number of carbonyl (C=O) groups is 1. The molecule has 0 aliphatic heterocycles. The summed E-state index contributed by atoms with van der Waals surface area (Å²) in [7, 11) is 0. The Hall–Kier alpha value is -1.72. The Morgan fingerprint density at radius 3 is 2.37 bits per heavy atom. The SMILES string of the molecule is O=C(Nc1ccc(Cl)cc1Br)c1c(O)cccc1O. The van der Waals surface area contributed by atoms with Gasteiger partial charge in [-0.05, 0) is 46.3 Å². The maximum absolute atomic E-state index is 12.0. The van der Waals surface area contributed by atoms with E-state index in [4.69, 9.17) is 11.6 Å². The summed E-state index contributed by atoms with van der Waals surface area (Å²) < 4.78 is 0.600. The second kappa shape index (κ2) is 5.50. The van der Waals surface area contributed by atoms with Gasteiger partial charge in [0.15, 0.2) is 0 Å². The first-order valence-corrected chi connectivity index (χ1v) is 6.43. The fraction of sp³-hybridized carbons (Fsp3) is 0. The zero-order chi connectivity index (χ0) is 14.0. The fourth-order valence-corrected chi connectivity index (χ4v) is 2.32. The van der Waals surface area contributed by atoms with Gasteiger partial charge in [0.05, 0.1) is 5.69 Å². The smallest absolute Gasteiger partial charge is 0.263 e. The van der Waals surface area contributed by atoms with E-state index in [-0.39, 0.29) is 17.1 Å². The molecule has 0 radical (unpaired) electrons. The molecule has 3 N–H and O–H groups in total. The minimum absolute atomic E-state index is 0.177. The highest BCUT2D eigenvalue weighted by molar-refractivity contribution is 9.10. The Balaban J connectivity index is 2.31. The van der Waals surface area contributed by atoms with Gasteiger partial charge in [0, 0.05) is 9.50 Å². The van der Waals surface area contributed by atoms with E-state index in [9.17, 15) is 15.0 Å². The predicted molar refractivity (Wildman–Crippen MR) is 76.9 cm³/mol. The van der Waals surface area contributed by atoms with E-state index >= 15 is 0 Å². The lowest BCUT2D eigenvalue weighted by Crippen LogP contribution is -2.12. The van der Waals surface area contributed by atoms with E-state index in [1.54, 1.807) is 18.2 Å². The second-order valence-corrected chi connectivity index (χ2v) is 5.04. The molecule has 19 heavy (non-hydrogen) atoms. The third-order valence-corrected chi connectivity index (χ3v) is 3.32. The summed E-state index contributed by atoms with van der Waals surface area (Å²) in [5, 5.41) is 22.3. The molecule has 0 heterocycles. The molecule has 2 aromatic rings. The van der Waals surface area contributed by atoms with Crippen LogP contribution in [-0.4, -0.2) is 16.1 Å². The van der Waals surface area contributed by atoms with Crippen molar-refractivity contribution in [3.8, 4) is 11.5 Å². The van der Waals surface area contributed by atoms with Crippen molar-refractivity contribution in [2.24, 2.45) is 0 Å². The highest BCUT2D eigenvalue weighted by Gasteiger charge is 2.16. The minimum Gasteiger partial charge on any atom is -0.507 e. The molecule has 4 nitrogen and oxygen atoms in total. The number of benzene rings is 2. The summed E-state index contributed by atoms with van der Waals surface area (Å²) >= 11 is 9.06. The molecule has 0 aromatic heterocycles. The van der Waals surface area contributed by atoms with Gasteiger partial charge >= 0.3 is 0 Å². The highest BCUT2D eigenvalue weighted by Crippen LogP contribution is 2.30. The number of aromatic hydroxyl groups is 2. The maximum atomic E-state index is 12.0. The molecule has 1 amide bonds. The van der Waals surface area contributed by atoms with Crippen LogP contribution in [0.15, 0.2) is 40.9 Å². The number of hydrogen-bond donors (Lipinski definition) is 3. The quantitative estimate of drug-likeness (QED) is 0.778. The van der Waals surface area contributed by atoms with Crippen LogP contribution in [0.1, 0.15) is 10.4 Å². The summed E-state index contributed by atoms with van der Waals surface area (Å²) in [5.74, 6) is -1.19. The van der Waals surface area contributed by atoms with Crippen LogP contribution in [0.5, 0.6) is 11.5 Å². The van der Waals surface area contributed by atoms with Crippen LogP contribution in [-0.2, 0) is 0 Å². The third kappa shape index (κ3) is 3.00. The molecule has 0 aliphatic carbocycles. The van der Waals surface area contributed by atoms with Crippen molar-refractivity contribution in [2.75, 3.05) is 5.32 Å². The molecule has 0 unspecified atom stereocenters. The van der Waals surface area contributed by atoms with E-state index in [0.29, 0.717) is 15.2 Å². The highest BCUT2D eigenvalue weighted by atomic mass is 79.9. The topological polar surface area (TPSA) is 69.6 Å². The van der Waals surface area contributed by atoms with Crippen molar-refractivity contribution >= 4 is 39.1 Å². The summed E-state index contributed by atoms with van der Waals surface area (Å²) in [6.45, 7) is 0. The zero-order valence-electron chi connectivity index (χ0n) is 9.52. The van der Waals surface area contributed by atoms with Gasteiger partial charge < -0.3 is 15.5 Å². The molecule has 2 rings (SSSR count). The molecule has 6 heteroatoms. The van der Waals surface area contributed by atoms with E-state index in [1.807, 2.05) is 0 Å². The first-order valence-electron chi connectivity index (χ1n) is 5.26. The molecular weight excluding hydrogens is 334 g/mol. The molecule has 0 spiro atoms. The summed E-state index contributed by atoms with van der Waals surface area (Å²) in [4.78, 5) is 12.0. The van der Waals surface area contributed by atoms with Gasteiger partial charge in [-0.1, -0.05) is 17.7 Å². The Morgan fingerprint density at radius 1 is 1.16 bits per heavy atom. The lowest BCUT2D eigenvalue weighted by Gasteiger charge is -2.10. The monoisotopic (exact) mass is 341 g/mol. The van der Waals surface area contributed by atoms with Gasteiger partial charge in [0.25, 0.3) is 5.91 Å². The van der Waals surface area contributed by atoms with Gasteiger partial charge in [-0.3, -0.25) is 4.79 Å². The van der Waals surface area contributed by atoms with Gasteiger partial charge in [0.2, 0.25) is 0 Å². The zero-order valence-corrected chi connectivity index (χ0v) is 11.9. The van der Waals surface area contributed by atoms with Crippen molar-refractivity contribution < 1.29 is 15.0 Å². The molecular formula is C13H9BrClNO3. The number of phenols is 2. The average molecular weight is 343 g/mol. The van der Waals surface area contributed by atoms with Gasteiger partial charge in [0.1, 0.15) is 17.1 Å². The number of nitrogens with one attached hydrogen (secondary N) is 1. The number of halogens is 2. The van der Waals surface area contributed by atoms with Crippen molar-refractivity contribution in [2.45, 2.75) is 0 Å². The Morgan fingerprint density at radius 2 is 1.79 bits per heavy atom. The Labute approximate surface area is 122 Å². The standard InChI is InChI=1S/C13H9BrClNO3/c14-8-6-7(15)4-5-9(8)16-13(19)12-10(17)2-1-3-11(12)18/h1-6,17-18H,(H,16,19). The lowest BCUT2D eigenvalue weighted by atomic mass is 10.1. The summed E-state index contributed by atoms with van der Waals surface area (Å²) in [6.07, 6.45) is 0. The number of carbonyl (C=O) groups excluding carboxylic acids is 1. The Bertz CT molecular complexity index is 626. The molecule has 0 saturated carbocycles. The first kappa shape index (κ1) is 13.7. The van der Waals surface area contributed by atoms with Crippen LogP contribution in [0.2, 0.25) is 5.02 Å². The van der Waals surface area contributed by atoms with Crippen molar-refractivity contribution in [3.63, 3.8) is 0 Å². The average Bonchev–Trinajstić information content (AvgIpc) is 2.32. The number of anilines is 1. The molecule has 2 aromatic carbocycles. The molecule has 0 fully saturated rings. The van der Waals surface area contributed by atoms with Crippen molar-refractivity contribution in [1.29, 1.82) is 0 Å². The van der Waals surface area contributed by atoms with E-state index in [0.717, 1.165) is 0 Å². The number of amides is 1. The van der Waals surface area contributed by atoms with Crippen LogP contribution >= 0.6 is 27.5 Å². The van der Waals surface area contributed by atoms with Crippen LogP contribution < -0.4 is 5.32 Å². The van der Waals surface area contributed by atoms with E-state index in [2.05, 4.69) is 21.2 Å². The lowest BCUT2D eigenvalue weighted by molar-refractivity contribution is 0.102. The minimum atomic E-state index is -0.612. The summed E-state index contributed by atoms with van der Waals surface area (Å²) in [5.41, 5.74) is 0.307. The molecule has 0 atom stereocenters. The van der Waals surface area contributed by atoms with Crippen molar-refractivity contribution in [3.05, 3.63) is 51.5 Å². The first-order chi connectivity index (χ1) is 8.99. The predicted octanol–water partition coefficient (Wildman–Crippen LogP) is 3.77. The largest absolute Gasteiger partial charge is 0.507 e. The number of phenolic OH excluding ortho intramolecular Hbond substituents is 2. The van der Waals surface area contributed by atoms with Gasteiger partial charge in [-0.25, -0.2) is 0 Å². The molecule has 98 valence electrons. The fourth-order valence-electron chi connectivity index (χ4n) is 1.54. The molecule has 0 bridgehead atoms. The summed E-state index contributed by atoms with van der Waals surface area (Å²) in [6, 6.07) is 8.95. The van der Waals surface area contributed by atoms with Crippen LogP contribution in [0.3, 0.4) is 0 Å².